The van der Waals surface area contributed by atoms with E-state index in [4.69, 9.17) is 5.10 Å². The SMILES string of the molecule is Cc1nn(Cc2ccccc2)c(C)c1CN1CCN(c2nccnc2-c2ccc(F)cc2)CC1.Cl.Cl. The Hall–Kier alpha value is -3.00. The van der Waals surface area contributed by atoms with Crippen molar-refractivity contribution in [2.75, 3.05) is 31.1 Å². The summed E-state index contributed by atoms with van der Waals surface area (Å²) in [4.78, 5) is 13.9. The quantitative estimate of drug-likeness (QED) is 0.339. The van der Waals surface area contributed by atoms with E-state index in [1.807, 2.05) is 6.07 Å². The molecule has 0 unspecified atom stereocenters. The Kier molecular flexibility index (Phi) is 9.43. The number of aromatic nitrogens is 4. The summed E-state index contributed by atoms with van der Waals surface area (Å²) in [6.45, 7) is 9.56. The molecule has 9 heteroatoms. The normalized spacial score (nSPS) is 13.7. The van der Waals surface area contributed by atoms with Gasteiger partial charge in [-0.25, -0.2) is 9.37 Å². The molecule has 0 amide bonds. The standard InChI is InChI=1S/C27H29FN6.2ClH/c1-20-25(21(2)34(31-20)18-22-6-4-3-5-7-22)19-32-14-16-33(17-15-32)27-26(29-12-13-30-27)23-8-10-24(28)11-9-23;;/h3-13H,14-19H2,1-2H3;2*1H. The number of halogens is 3. The van der Waals surface area contributed by atoms with Gasteiger partial charge in [0.25, 0.3) is 0 Å². The van der Waals surface area contributed by atoms with E-state index in [2.05, 4.69) is 62.6 Å². The van der Waals surface area contributed by atoms with Crippen molar-refractivity contribution in [3.8, 4) is 11.3 Å². The Labute approximate surface area is 224 Å². The fourth-order valence-electron chi connectivity index (χ4n) is 4.59. The number of nitrogens with zero attached hydrogens (tertiary/aromatic N) is 6. The largest absolute Gasteiger partial charge is 0.352 e. The maximum Gasteiger partial charge on any atom is 0.155 e. The smallest absolute Gasteiger partial charge is 0.155 e. The van der Waals surface area contributed by atoms with Crippen molar-refractivity contribution in [2.45, 2.75) is 26.9 Å². The number of hydrogen-bond acceptors (Lipinski definition) is 5. The van der Waals surface area contributed by atoms with Crippen LogP contribution in [0.15, 0.2) is 67.0 Å². The molecule has 6 nitrogen and oxygen atoms in total. The molecule has 190 valence electrons. The second kappa shape index (κ2) is 12.3. The van der Waals surface area contributed by atoms with Gasteiger partial charge in [0.05, 0.1) is 12.2 Å². The van der Waals surface area contributed by atoms with Gasteiger partial charge in [0.2, 0.25) is 0 Å². The number of piperazine rings is 1. The van der Waals surface area contributed by atoms with E-state index in [0.29, 0.717) is 0 Å². The van der Waals surface area contributed by atoms with Gasteiger partial charge in [-0.2, -0.15) is 5.10 Å². The van der Waals surface area contributed by atoms with Crippen LogP contribution in [0, 0.1) is 19.7 Å². The van der Waals surface area contributed by atoms with Crippen LogP contribution >= 0.6 is 24.8 Å². The third-order valence-corrected chi connectivity index (χ3v) is 6.56. The van der Waals surface area contributed by atoms with E-state index in [1.54, 1.807) is 24.5 Å². The summed E-state index contributed by atoms with van der Waals surface area (Å²) in [6.07, 6.45) is 3.42. The minimum Gasteiger partial charge on any atom is -0.352 e. The number of anilines is 1. The first kappa shape index (κ1) is 27.6. The van der Waals surface area contributed by atoms with Gasteiger partial charge in [-0.1, -0.05) is 30.3 Å². The van der Waals surface area contributed by atoms with Gasteiger partial charge >= 0.3 is 0 Å². The predicted molar refractivity (Wildman–Crippen MR) is 147 cm³/mol. The molecule has 3 heterocycles. The zero-order chi connectivity index (χ0) is 23.5. The van der Waals surface area contributed by atoms with Crippen molar-refractivity contribution in [3.05, 3.63) is 95.3 Å². The highest BCUT2D eigenvalue weighted by molar-refractivity contribution is 5.85. The Balaban J connectivity index is 0.00000180. The Morgan fingerprint density at radius 1 is 0.806 bits per heavy atom. The summed E-state index contributed by atoms with van der Waals surface area (Å²) in [7, 11) is 0. The third-order valence-electron chi connectivity index (χ3n) is 6.56. The highest BCUT2D eigenvalue weighted by atomic mass is 35.5. The second-order valence-electron chi connectivity index (χ2n) is 8.79. The van der Waals surface area contributed by atoms with Crippen LogP contribution in [0.25, 0.3) is 11.3 Å². The zero-order valence-corrected chi connectivity index (χ0v) is 22.1. The minimum absolute atomic E-state index is 0. The Morgan fingerprint density at radius 2 is 1.47 bits per heavy atom. The monoisotopic (exact) mass is 528 g/mol. The lowest BCUT2D eigenvalue weighted by Crippen LogP contribution is -2.46. The Bertz CT molecular complexity index is 1260. The molecule has 1 saturated heterocycles. The minimum atomic E-state index is -0.250. The van der Waals surface area contributed by atoms with Crippen LogP contribution in [-0.4, -0.2) is 50.8 Å². The molecule has 0 spiro atoms. The zero-order valence-electron chi connectivity index (χ0n) is 20.5. The lowest BCUT2D eigenvalue weighted by atomic mass is 10.1. The van der Waals surface area contributed by atoms with Crippen molar-refractivity contribution in [3.63, 3.8) is 0 Å². The highest BCUT2D eigenvalue weighted by Gasteiger charge is 2.23. The lowest BCUT2D eigenvalue weighted by molar-refractivity contribution is 0.248. The van der Waals surface area contributed by atoms with Crippen molar-refractivity contribution < 1.29 is 4.39 Å². The predicted octanol–water partition coefficient (Wildman–Crippen LogP) is 5.31. The van der Waals surface area contributed by atoms with Gasteiger partial charge < -0.3 is 4.90 Å². The van der Waals surface area contributed by atoms with Crippen LogP contribution < -0.4 is 4.90 Å². The van der Waals surface area contributed by atoms with Gasteiger partial charge in [0.1, 0.15) is 11.5 Å². The average molecular weight is 529 g/mol. The summed E-state index contributed by atoms with van der Waals surface area (Å²) in [5, 5.41) is 4.82. The summed E-state index contributed by atoms with van der Waals surface area (Å²) in [5.74, 6) is 0.609. The fourth-order valence-corrected chi connectivity index (χ4v) is 4.59. The fraction of sp³-hybridized carbons (Fsp3) is 0.296. The number of aryl methyl sites for hydroxylation is 1. The van der Waals surface area contributed by atoms with Crippen LogP contribution in [0.1, 0.15) is 22.5 Å². The first-order valence-corrected chi connectivity index (χ1v) is 11.7. The topological polar surface area (TPSA) is 50.1 Å². The van der Waals surface area contributed by atoms with E-state index in [9.17, 15) is 4.39 Å². The summed E-state index contributed by atoms with van der Waals surface area (Å²) in [6, 6.07) is 16.9. The lowest BCUT2D eigenvalue weighted by Gasteiger charge is -2.36. The molecule has 1 fully saturated rings. The van der Waals surface area contributed by atoms with Crippen LogP contribution in [0.4, 0.5) is 10.2 Å². The molecule has 0 saturated carbocycles. The summed E-state index contributed by atoms with van der Waals surface area (Å²) >= 11 is 0. The van der Waals surface area contributed by atoms with Crippen LogP contribution in [0.5, 0.6) is 0 Å². The Morgan fingerprint density at radius 3 is 2.17 bits per heavy atom. The molecule has 5 rings (SSSR count). The van der Waals surface area contributed by atoms with Crippen LogP contribution in [0.3, 0.4) is 0 Å². The molecule has 1 aliphatic heterocycles. The highest BCUT2D eigenvalue weighted by Crippen LogP contribution is 2.28. The number of hydrogen-bond donors (Lipinski definition) is 0. The maximum absolute atomic E-state index is 13.4. The molecule has 0 atom stereocenters. The van der Waals surface area contributed by atoms with E-state index in [-0.39, 0.29) is 30.6 Å². The molecular weight excluding hydrogens is 498 g/mol. The first-order valence-electron chi connectivity index (χ1n) is 11.7. The molecule has 0 radical (unpaired) electrons. The van der Waals surface area contributed by atoms with Gasteiger partial charge in [0.15, 0.2) is 5.82 Å². The van der Waals surface area contributed by atoms with Crippen molar-refractivity contribution in [1.29, 1.82) is 0 Å². The molecule has 2 aromatic carbocycles. The van der Waals surface area contributed by atoms with Gasteiger partial charge in [-0.05, 0) is 43.7 Å². The van der Waals surface area contributed by atoms with E-state index in [0.717, 1.165) is 62.0 Å². The average Bonchev–Trinajstić information content (AvgIpc) is 3.13. The molecule has 0 bridgehead atoms. The summed E-state index contributed by atoms with van der Waals surface area (Å²) < 4.78 is 15.5. The van der Waals surface area contributed by atoms with Crippen molar-refractivity contribution >= 4 is 30.6 Å². The van der Waals surface area contributed by atoms with E-state index < -0.39 is 0 Å². The molecule has 0 N–H and O–H groups in total. The van der Waals surface area contributed by atoms with Crippen molar-refractivity contribution in [2.24, 2.45) is 0 Å². The maximum atomic E-state index is 13.4. The van der Waals surface area contributed by atoms with Gasteiger partial charge in [-0.15, -0.1) is 24.8 Å². The molecule has 2 aromatic heterocycles. The first-order chi connectivity index (χ1) is 16.6. The molecule has 1 aliphatic rings. The van der Waals surface area contributed by atoms with Crippen LogP contribution in [-0.2, 0) is 13.1 Å². The van der Waals surface area contributed by atoms with E-state index in [1.165, 1.54) is 29.0 Å². The molecule has 4 aromatic rings. The van der Waals surface area contributed by atoms with Crippen molar-refractivity contribution in [1.82, 2.24) is 24.6 Å². The summed E-state index contributed by atoms with van der Waals surface area (Å²) in [5.41, 5.74) is 6.58. The van der Waals surface area contributed by atoms with Gasteiger partial charge in [0, 0.05) is 61.9 Å². The second-order valence-corrected chi connectivity index (χ2v) is 8.79. The number of rotatable bonds is 6. The third kappa shape index (κ3) is 6.03. The van der Waals surface area contributed by atoms with Gasteiger partial charge in [-0.3, -0.25) is 14.6 Å². The van der Waals surface area contributed by atoms with E-state index >= 15 is 0 Å². The van der Waals surface area contributed by atoms with Crippen LogP contribution in [0.2, 0.25) is 0 Å². The number of benzene rings is 2. The molecule has 36 heavy (non-hydrogen) atoms. The molecular formula is C27H31Cl2FN6. The molecule has 0 aliphatic carbocycles.